The summed E-state index contributed by atoms with van der Waals surface area (Å²) in [5.41, 5.74) is 2.18. The highest BCUT2D eigenvalue weighted by molar-refractivity contribution is 7.19. The van der Waals surface area contributed by atoms with Gasteiger partial charge in [-0.25, -0.2) is 4.79 Å². The van der Waals surface area contributed by atoms with Crippen LogP contribution < -0.4 is 0 Å². The van der Waals surface area contributed by atoms with Crippen molar-refractivity contribution in [2.75, 3.05) is 6.61 Å². The first kappa shape index (κ1) is 12.9. The number of ether oxygens (including phenoxy) is 1. The number of esters is 1. The van der Waals surface area contributed by atoms with Gasteiger partial charge in [-0.2, -0.15) is 0 Å². The van der Waals surface area contributed by atoms with Crippen LogP contribution in [0.4, 0.5) is 0 Å². The molecule has 0 spiro atoms. The third kappa shape index (κ3) is 2.12. The van der Waals surface area contributed by atoms with E-state index < -0.39 is 0 Å². The second-order valence-corrected chi connectivity index (χ2v) is 5.68. The molecule has 0 radical (unpaired) electrons. The summed E-state index contributed by atoms with van der Waals surface area (Å²) >= 11 is 1.55. The maximum Gasteiger partial charge on any atom is 0.343 e. The van der Waals surface area contributed by atoms with Crippen molar-refractivity contribution >= 4 is 27.6 Å². The zero-order valence-corrected chi connectivity index (χ0v) is 12.1. The smallest absolute Gasteiger partial charge is 0.343 e. The fraction of sp³-hybridized carbons (Fsp3) is 0.188. The number of rotatable bonds is 3. The molecule has 20 heavy (non-hydrogen) atoms. The van der Waals surface area contributed by atoms with Crippen molar-refractivity contribution in [3.8, 4) is 11.3 Å². The van der Waals surface area contributed by atoms with Gasteiger partial charge in [0.05, 0.1) is 11.3 Å². The summed E-state index contributed by atoms with van der Waals surface area (Å²) in [4.78, 5) is 12.9. The molecular weight excluding hydrogens is 272 g/mol. The van der Waals surface area contributed by atoms with Crippen LogP contribution in [0.2, 0.25) is 0 Å². The lowest BCUT2D eigenvalue weighted by molar-refractivity contribution is 0.0527. The second-order valence-electron chi connectivity index (χ2n) is 4.42. The largest absolute Gasteiger partial charge is 0.462 e. The average molecular weight is 286 g/mol. The number of furan rings is 1. The number of aryl methyl sites for hydroxylation is 1. The first-order chi connectivity index (χ1) is 9.70. The number of fused-ring (bicyclic) bond motifs is 1. The summed E-state index contributed by atoms with van der Waals surface area (Å²) in [6, 6.07) is 11.8. The summed E-state index contributed by atoms with van der Waals surface area (Å²) in [6.45, 7) is 4.07. The summed E-state index contributed by atoms with van der Waals surface area (Å²) in [7, 11) is 0. The molecule has 2 aromatic heterocycles. The van der Waals surface area contributed by atoms with E-state index in [0.29, 0.717) is 17.8 Å². The number of benzene rings is 1. The Morgan fingerprint density at radius 3 is 2.75 bits per heavy atom. The molecule has 0 aliphatic heterocycles. The topological polar surface area (TPSA) is 39.4 Å². The normalized spacial score (nSPS) is 10.9. The molecule has 0 saturated heterocycles. The quantitative estimate of drug-likeness (QED) is 0.658. The molecule has 0 N–H and O–H groups in total. The zero-order chi connectivity index (χ0) is 14.1. The van der Waals surface area contributed by atoms with Gasteiger partial charge in [0.2, 0.25) is 0 Å². The maximum absolute atomic E-state index is 12.0. The van der Waals surface area contributed by atoms with Gasteiger partial charge < -0.3 is 9.15 Å². The average Bonchev–Trinajstić information content (AvgIpc) is 2.96. The monoisotopic (exact) mass is 286 g/mol. The van der Waals surface area contributed by atoms with E-state index in [9.17, 15) is 4.79 Å². The number of thiophene rings is 1. The summed E-state index contributed by atoms with van der Waals surface area (Å²) < 4.78 is 12.0. The Kier molecular flexibility index (Phi) is 3.32. The summed E-state index contributed by atoms with van der Waals surface area (Å²) in [6.07, 6.45) is 0. The van der Waals surface area contributed by atoms with E-state index in [2.05, 4.69) is 0 Å². The molecule has 0 unspecified atom stereocenters. The fourth-order valence-electron chi connectivity index (χ4n) is 2.18. The van der Waals surface area contributed by atoms with E-state index in [1.54, 1.807) is 18.3 Å². The third-order valence-corrected chi connectivity index (χ3v) is 4.11. The highest BCUT2D eigenvalue weighted by atomic mass is 32.1. The Bertz CT molecular complexity index is 753. The van der Waals surface area contributed by atoms with Gasteiger partial charge in [-0.3, -0.25) is 0 Å². The fourth-order valence-corrected chi connectivity index (χ4v) is 3.19. The van der Waals surface area contributed by atoms with Crippen molar-refractivity contribution in [2.45, 2.75) is 13.8 Å². The molecular formula is C16H14O3S. The number of carbonyl (C=O) groups is 1. The van der Waals surface area contributed by atoms with Crippen LogP contribution in [0.25, 0.3) is 21.6 Å². The van der Waals surface area contributed by atoms with Gasteiger partial charge in [0.1, 0.15) is 11.3 Å². The van der Waals surface area contributed by atoms with Crippen molar-refractivity contribution < 1.29 is 13.9 Å². The molecule has 0 saturated carbocycles. The molecule has 1 aromatic carbocycles. The van der Waals surface area contributed by atoms with Gasteiger partial charge >= 0.3 is 5.97 Å². The van der Waals surface area contributed by atoms with Gasteiger partial charge in [-0.1, -0.05) is 30.3 Å². The van der Waals surface area contributed by atoms with Crippen LogP contribution in [0.5, 0.6) is 0 Å². The number of carbonyl (C=O) groups excluding carboxylic acids is 1. The van der Waals surface area contributed by atoms with Gasteiger partial charge in [-0.05, 0) is 13.8 Å². The van der Waals surface area contributed by atoms with E-state index in [1.165, 1.54) is 0 Å². The highest BCUT2D eigenvalue weighted by Gasteiger charge is 2.21. The lowest BCUT2D eigenvalue weighted by Gasteiger charge is -2.00. The minimum atomic E-state index is -0.315. The number of hydrogen-bond acceptors (Lipinski definition) is 4. The summed E-state index contributed by atoms with van der Waals surface area (Å²) in [5.74, 6) is 0.461. The maximum atomic E-state index is 12.0. The van der Waals surface area contributed by atoms with E-state index in [4.69, 9.17) is 9.15 Å². The Morgan fingerprint density at radius 1 is 1.30 bits per heavy atom. The molecule has 0 fully saturated rings. The molecule has 3 nitrogen and oxygen atoms in total. The number of hydrogen-bond donors (Lipinski definition) is 0. The molecule has 102 valence electrons. The van der Waals surface area contributed by atoms with Crippen molar-refractivity contribution in [2.24, 2.45) is 0 Å². The minimum Gasteiger partial charge on any atom is -0.462 e. The first-order valence-electron chi connectivity index (χ1n) is 6.46. The molecule has 0 bridgehead atoms. The van der Waals surface area contributed by atoms with Gasteiger partial charge in [0.25, 0.3) is 0 Å². The molecule has 2 heterocycles. The van der Waals surface area contributed by atoms with Crippen LogP contribution in [0.3, 0.4) is 0 Å². The SMILES string of the molecule is CCOC(=O)c1c(C)sc2cc(-c3ccccc3)oc12. The van der Waals surface area contributed by atoms with Crippen LogP contribution in [-0.4, -0.2) is 12.6 Å². The van der Waals surface area contributed by atoms with Crippen molar-refractivity contribution in [1.29, 1.82) is 0 Å². The molecule has 0 amide bonds. The third-order valence-electron chi connectivity index (χ3n) is 3.08. The Balaban J connectivity index is 2.11. The van der Waals surface area contributed by atoms with Crippen LogP contribution in [0.15, 0.2) is 40.8 Å². The molecule has 3 aromatic rings. The molecule has 3 rings (SSSR count). The van der Waals surface area contributed by atoms with Crippen LogP contribution >= 0.6 is 11.3 Å². The van der Waals surface area contributed by atoms with Crippen molar-refractivity contribution in [1.82, 2.24) is 0 Å². The predicted molar refractivity (Wildman–Crippen MR) is 80.2 cm³/mol. The van der Waals surface area contributed by atoms with Gasteiger partial charge in [0, 0.05) is 16.5 Å². The van der Waals surface area contributed by atoms with E-state index >= 15 is 0 Å². The van der Waals surface area contributed by atoms with E-state index in [-0.39, 0.29) is 5.97 Å². The van der Waals surface area contributed by atoms with E-state index in [1.807, 2.05) is 43.3 Å². The van der Waals surface area contributed by atoms with Crippen LogP contribution in [0.1, 0.15) is 22.2 Å². The highest BCUT2D eigenvalue weighted by Crippen LogP contribution is 2.37. The molecule has 0 aliphatic carbocycles. The molecule has 0 aliphatic rings. The standard InChI is InChI=1S/C16H14O3S/c1-3-18-16(17)14-10(2)20-13-9-12(19-15(13)14)11-7-5-4-6-8-11/h4-9H,3H2,1-2H3. The molecule has 0 atom stereocenters. The minimum absolute atomic E-state index is 0.315. The molecule has 4 heteroatoms. The lowest BCUT2D eigenvalue weighted by Crippen LogP contribution is -2.04. The van der Waals surface area contributed by atoms with Gasteiger partial charge in [0.15, 0.2) is 5.58 Å². The Morgan fingerprint density at radius 2 is 2.05 bits per heavy atom. The van der Waals surface area contributed by atoms with Crippen LogP contribution in [-0.2, 0) is 4.74 Å². The summed E-state index contributed by atoms with van der Waals surface area (Å²) in [5, 5.41) is 0. The first-order valence-corrected chi connectivity index (χ1v) is 7.28. The predicted octanol–water partition coefficient (Wildman–Crippen LogP) is 4.65. The Labute approximate surface area is 120 Å². The van der Waals surface area contributed by atoms with Crippen molar-refractivity contribution in [3.63, 3.8) is 0 Å². The van der Waals surface area contributed by atoms with E-state index in [0.717, 1.165) is 20.9 Å². The lowest BCUT2D eigenvalue weighted by atomic mass is 10.2. The second kappa shape index (κ2) is 5.13. The Hall–Kier alpha value is -2.07. The van der Waals surface area contributed by atoms with Crippen molar-refractivity contribution in [3.05, 3.63) is 46.8 Å². The van der Waals surface area contributed by atoms with Gasteiger partial charge in [-0.15, -0.1) is 11.3 Å². The van der Waals surface area contributed by atoms with Crippen LogP contribution in [0, 0.1) is 6.92 Å². The zero-order valence-electron chi connectivity index (χ0n) is 11.3.